The van der Waals surface area contributed by atoms with Crippen LogP contribution in [0.4, 0.5) is 4.79 Å². The second-order valence-corrected chi connectivity index (χ2v) is 11.7. The Balaban J connectivity index is 3.16. The Hall–Kier alpha value is -1.66. The lowest BCUT2D eigenvalue weighted by Gasteiger charge is -2.24. The summed E-state index contributed by atoms with van der Waals surface area (Å²) in [6, 6.07) is 0. The van der Waals surface area contributed by atoms with Crippen LogP contribution < -0.4 is 0 Å². The van der Waals surface area contributed by atoms with Gasteiger partial charge in [0.05, 0.1) is 132 Å². The third-order valence-corrected chi connectivity index (χ3v) is 6.10. The molecule has 0 unspecified atom stereocenters. The molecule has 15 heteroatoms. The molecular weight excluding hydrogens is 646 g/mol. The summed E-state index contributed by atoms with van der Waals surface area (Å²) in [6.07, 6.45) is 3.11. The molecule has 0 N–H and O–H groups in total. The molecule has 0 saturated heterocycles. The fourth-order valence-electron chi connectivity index (χ4n) is 3.52. The number of carbonyl (C=O) groups is 2. The summed E-state index contributed by atoms with van der Waals surface area (Å²) >= 11 is 0. The van der Waals surface area contributed by atoms with Crippen molar-refractivity contribution in [2.24, 2.45) is 0 Å². The van der Waals surface area contributed by atoms with Crippen molar-refractivity contribution in [2.75, 3.05) is 152 Å². The second-order valence-electron chi connectivity index (χ2n) is 11.7. The van der Waals surface area contributed by atoms with Gasteiger partial charge in [-0.25, -0.2) is 4.79 Å². The first-order valence-corrected chi connectivity index (χ1v) is 17.6. The molecule has 0 fully saturated rings. The van der Waals surface area contributed by atoms with E-state index in [-0.39, 0.29) is 18.7 Å². The molecule has 15 nitrogen and oxygen atoms in total. The lowest BCUT2D eigenvalue weighted by atomic mass is 10.2. The number of hydrogen-bond acceptors (Lipinski definition) is 14. The van der Waals surface area contributed by atoms with Crippen LogP contribution in [0, 0.1) is 0 Å². The quantitative estimate of drug-likeness (QED) is 0.0686. The zero-order valence-corrected chi connectivity index (χ0v) is 31.0. The van der Waals surface area contributed by atoms with Crippen LogP contribution in [0.5, 0.6) is 0 Å². The average Bonchev–Trinajstić information content (AvgIpc) is 3.06. The van der Waals surface area contributed by atoms with Crippen LogP contribution in [-0.4, -0.2) is 175 Å². The van der Waals surface area contributed by atoms with E-state index in [2.05, 4.69) is 6.92 Å². The number of unbranched alkanes of at least 4 members (excludes halogenated alkanes) is 2. The summed E-state index contributed by atoms with van der Waals surface area (Å²) < 4.78 is 65.0. The number of likely N-dealkylation sites (N-methyl/N-ethyl adjacent to an activating group) is 1. The van der Waals surface area contributed by atoms with E-state index < -0.39 is 5.60 Å². The molecular formula is C34H67NO14. The molecule has 0 aliphatic carbocycles. The smallest absolute Gasteiger partial charge is 0.410 e. The Morgan fingerprint density at radius 2 is 0.776 bits per heavy atom. The summed E-state index contributed by atoms with van der Waals surface area (Å²) in [6.45, 7) is 17.7. The summed E-state index contributed by atoms with van der Waals surface area (Å²) in [5.41, 5.74) is -0.512. The van der Waals surface area contributed by atoms with Crippen molar-refractivity contribution in [3.8, 4) is 0 Å². The van der Waals surface area contributed by atoms with Crippen LogP contribution in [0.25, 0.3) is 0 Å². The Morgan fingerprint density at radius 3 is 1.08 bits per heavy atom. The van der Waals surface area contributed by atoms with Gasteiger partial charge in [-0.3, -0.25) is 4.79 Å². The first-order chi connectivity index (χ1) is 23.8. The third kappa shape index (κ3) is 39.0. The van der Waals surface area contributed by atoms with Crippen molar-refractivity contribution in [3.05, 3.63) is 0 Å². The molecule has 0 aromatic carbocycles. The van der Waals surface area contributed by atoms with Crippen LogP contribution in [0.2, 0.25) is 0 Å². The van der Waals surface area contributed by atoms with E-state index in [1.807, 2.05) is 20.8 Å². The maximum absolute atomic E-state index is 11.9. The van der Waals surface area contributed by atoms with Gasteiger partial charge in [0.25, 0.3) is 0 Å². The van der Waals surface area contributed by atoms with Gasteiger partial charge in [-0.2, -0.15) is 0 Å². The number of ether oxygens (including phenoxy) is 12. The van der Waals surface area contributed by atoms with Gasteiger partial charge < -0.3 is 61.7 Å². The fourth-order valence-corrected chi connectivity index (χ4v) is 3.52. The Labute approximate surface area is 294 Å². The Kier molecular flexibility index (Phi) is 34.9. The first kappa shape index (κ1) is 47.3. The van der Waals surface area contributed by atoms with E-state index in [9.17, 15) is 9.59 Å². The van der Waals surface area contributed by atoms with Crippen molar-refractivity contribution in [3.63, 3.8) is 0 Å². The number of rotatable bonds is 37. The molecule has 0 rings (SSSR count). The summed E-state index contributed by atoms with van der Waals surface area (Å²) in [5, 5.41) is 0. The monoisotopic (exact) mass is 713 g/mol. The van der Waals surface area contributed by atoms with Crippen molar-refractivity contribution in [1.82, 2.24) is 4.90 Å². The van der Waals surface area contributed by atoms with Crippen LogP contribution >= 0.6 is 0 Å². The molecule has 0 aromatic rings. The van der Waals surface area contributed by atoms with Gasteiger partial charge in [0, 0.05) is 20.0 Å². The largest absolute Gasteiger partial charge is 0.463 e. The lowest BCUT2D eigenvalue weighted by molar-refractivity contribution is -0.145. The fraction of sp³-hybridized carbons (Fsp3) is 0.941. The van der Waals surface area contributed by atoms with Crippen LogP contribution in [-0.2, 0) is 61.6 Å². The van der Waals surface area contributed by atoms with Crippen LogP contribution in [0.3, 0.4) is 0 Å². The van der Waals surface area contributed by atoms with E-state index in [0.717, 1.165) is 19.3 Å². The van der Waals surface area contributed by atoms with E-state index in [1.165, 1.54) is 4.90 Å². The average molecular weight is 714 g/mol. The highest BCUT2D eigenvalue weighted by atomic mass is 16.6. The minimum atomic E-state index is -0.512. The predicted molar refractivity (Wildman–Crippen MR) is 182 cm³/mol. The molecule has 0 atom stereocenters. The van der Waals surface area contributed by atoms with Gasteiger partial charge in [-0.05, 0) is 27.2 Å². The van der Waals surface area contributed by atoms with Gasteiger partial charge in [0.1, 0.15) is 12.2 Å². The molecule has 0 heterocycles. The second kappa shape index (κ2) is 36.1. The normalized spacial score (nSPS) is 11.6. The molecule has 292 valence electrons. The topological polar surface area (TPSA) is 148 Å². The van der Waals surface area contributed by atoms with Gasteiger partial charge in [-0.1, -0.05) is 19.8 Å². The van der Waals surface area contributed by atoms with Gasteiger partial charge >= 0.3 is 12.1 Å². The maximum Gasteiger partial charge on any atom is 0.410 e. The van der Waals surface area contributed by atoms with Crippen molar-refractivity contribution in [1.29, 1.82) is 0 Å². The highest BCUT2D eigenvalue weighted by Crippen LogP contribution is 2.08. The van der Waals surface area contributed by atoms with E-state index >= 15 is 0 Å². The molecule has 0 aliphatic rings. The zero-order valence-electron chi connectivity index (χ0n) is 31.0. The third-order valence-electron chi connectivity index (χ3n) is 6.10. The number of hydrogen-bond donors (Lipinski definition) is 0. The molecule has 0 aliphatic heterocycles. The van der Waals surface area contributed by atoms with Gasteiger partial charge in [0.2, 0.25) is 0 Å². The maximum atomic E-state index is 11.9. The first-order valence-electron chi connectivity index (χ1n) is 17.6. The minimum Gasteiger partial charge on any atom is -0.463 e. The number of carbonyl (C=O) groups excluding carboxylic acids is 2. The Bertz CT molecular complexity index is 725. The molecule has 0 bridgehead atoms. The molecule has 1 amide bonds. The SMILES string of the molecule is CCCCCC(=O)OCCOCCOCCOCCOCCOCCOCCOCCOCCOCCOCCN(C)C(=O)OC(C)(C)C. The van der Waals surface area contributed by atoms with Gasteiger partial charge in [-0.15, -0.1) is 0 Å². The molecule has 0 aromatic heterocycles. The zero-order chi connectivity index (χ0) is 36.1. The van der Waals surface area contributed by atoms with Gasteiger partial charge in [0.15, 0.2) is 0 Å². The van der Waals surface area contributed by atoms with E-state index in [4.69, 9.17) is 56.8 Å². The van der Waals surface area contributed by atoms with E-state index in [0.29, 0.717) is 145 Å². The van der Waals surface area contributed by atoms with Crippen molar-refractivity contribution in [2.45, 2.75) is 59.0 Å². The summed E-state index contributed by atoms with van der Waals surface area (Å²) in [5.74, 6) is -0.163. The number of nitrogens with zero attached hydrogens (tertiary/aromatic N) is 1. The number of amides is 1. The highest BCUT2D eigenvalue weighted by molar-refractivity contribution is 5.69. The molecule has 0 saturated carbocycles. The van der Waals surface area contributed by atoms with Crippen molar-refractivity contribution >= 4 is 12.1 Å². The predicted octanol–water partition coefficient (Wildman–Crippen LogP) is 3.14. The van der Waals surface area contributed by atoms with Crippen molar-refractivity contribution < 1.29 is 66.4 Å². The van der Waals surface area contributed by atoms with Crippen LogP contribution in [0.1, 0.15) is 53.4 Å². The summed E-state index contributed by atoms with van der Waals surface area (Å²) in [7, 11) is 1.68. The molecule has 0 spiro atoms. The lowest BCUT2D eigenvalue weighted by Crippen LogP contribution is -2.36. The standard InChI is InChI=1S/C34H67NO14/c1-6-7-8-9-32(36)48-31-30-47-29-28-46-27-26-45-25-24-44-23-22-43-21-20-42-19-18-41-17-16-40-15-14-39-13-12-38-11-10-35(5)33(37)49-34(2,3)4/h6-31H2,1-5H3. The molecule has 0 radical (unpaired) electrons. The minimum absolute atomic E-state index is 0.163. The van der Waals surface area contributed by atoms with E-state index in [1.54, 1.807) is 7.05 Å². The number of esters is 1. The Morgan fingerprint density at radius 1 is 0.469 bits per heavy atom. The molecule has 49 heavy (non-hydrogen) atoms. The van der Waals surface area contributed by atoms with Crippen LogP contribution in [0.15, 0.2) is 0 Å². The highest BCUT2D eigenvalue weighted by Gasteiger charge is 2.19. The summed E-state index contributed by atoms with van der Waals surface area (Å²) in [4.78, 5) is 24.8.